The molecule has 0 aromatic carbocycles. The highest BCUT2D eigenvalue weighted by Crippen LogP contribution is 2.29. The number of thioether (sulfide) groups is 1. The topological polar surface area (TPSA) is 72.2 Å². The fraction of sp³-hybridized carbons (Fsp3) is 0.692. The van der Waals surface area contributed by atoms with Crippen LogP contribution in [0.5, 0.6) is 0 Å². The van der Waals surface area contributed by atoms with Crippen molar-refractivity contribution in [2.45, 2.75) is 55.3 Å². The Morgan fingerprint density at radius 2 is 2.25 bits per heavy atom. The number of aryl methyl sites for hydroxylation is 1. The number of nitrogens with one attached hydrogen (secondary N) is 1. The quantitative estimate of drug-likeness (QED) is 0.867. The van der Waals surface area contributed by atoms with Gasteiger partial charge in [0.05, 0.1) is 4.90 Å². The monoisotopic (exact) mass is 334 g/mol. The summed E-state index contributed by atoms with van der Waals surface area (Å²) in [6, 6.07) is 1.77. The van der Waals surface area contributed by atoms with E-state index >= 15 is 0 Å². The van der Waals surface area contributed by atoms with Crippen molar-refractivity contribution in [3.05, 3.63) is 15.8 Å². The van der Waals surface area contributed by atoms with Crippen LogP contribution < -0.4 is 10.5 Å². The molecular formula is C13H22N2O2S3. The van der Waals surface area contributed by atoms with Crippen LogP contribution in [-0.2, 0) is 16.6 Å². The van der Waals surface area contributed by atoms with Gasteiger partial charge in [-0.05, 0) is 38.5 Å². The predicted octanol–water partition coefficient (Wildman–Crippen LogP) is 2.47. The summed E-state index contributed by atoms with van der Waals surface area (Å²) in [6.07, 6.45) is 6.23. The number of nitrogens with two attached hydrogens (primary N) is 1. The molecule has 1 heterocycles. The van der Waals surface area contributed by atoms with Crippen molar-refractivity contribution in [1.29, 1.82) is 0 Å². The molecule has 0 spiro atoms. The third-order valence-electron chi connectivity index (χ3n) is 3.70. The van der Waals surface area contributed by atoms with Crippen molar-refractivity contribution in [2.75, 3.05) is 6.26 Å². The van der Waals surface area contributed by atoms with Gasteiger partial charge in [0.1, 0.15) is 0 Å². The molecule has 0 aliphatic heterocycles. The van der Waals surface area contributed by atoms with E-state index in [9.17, 15) is 8.42 Å². The normalized spacial score (nSPS) is 23.9. The van der Waals surface area contributed by atoms with E-state index in [1.54, 1.807) is 6.07 Å². The van der Waals surface area contributed by atoms with Gasteiger partial charge in [0.15, 0.2) is 0 Å². The Labute approximate surface area is 129 Å². The molecule has 1 saturated carbocycles. The van der Waals surface area contributed by atoms with Crippen LogP contribution >= 0.6 is 23.1 Å². The zero-order chi connectivity index (χ0) is 14.8. The SMILES string of the molecule is CSC1CCCC(NS(=O)(=O)c2cc(CN)sc2C)C1. The molecule has 0 amide bonds. The molecule has 2 unspecified atom stereocenters. The Kier molecular flexibility index (Phi) is 5.53. The molecule has 1 aromatic heterocycles. The van der Waals surface area contributed by atoms with Crippen molar-refractivity contribution in [1.82, 2.24) is 4.72 Å². The smallest absolute Gasteiger partial charge is 0.241 e. The Bertz CT molecular complexity index is 554. The molecule has 1 aliphatic carbocycles. The highest BCUT2D eigenvalue weighted by atomic mass is 32.2. The molecule has 20 heavy (non-hydrogen) atoms. The Hall–Kier alpha value is -0.0800. The van der Waals surface area contributed by atoms with Crippen LogP contribution in [0.1, 0.15) is 35.4 Å². The van der Waals surface area contributed by atoms with Crippen molar-refractivity contribution in [3.63, 3.8) is 0 Å². The van der Waals surface area contributed by atoms with E-state index in [4.69, 9.17) is 5.73 Å². The minimum absolute atomic E-state index is 0.0619. The highest BCUT2D eigenvalue weighted by Gasteiger charge is 2.27. The molecule has 0 saturated heterocycles. The molecule has 4 nitrogen and oxygen atoms in total. The predicted molar refractivity (Wildman–Crippen MR) is 86.8 cm³/mol. The number of thiophene rings is 1. The molecule has 1 fully saturated rings. The van der Waals surface area contributed by atoms with Crippen LogP contribution in [0, 0.1) is 6.92 Å². The summed E-state index contributed by atoms with van der Waals surface area (Å²) in [4.78, 5) is 2.12. The summed E-state index contributed by atoms with van der Waals surface area (Å²) in [7, 11) is -3.42. The molecule has 2 atom stereocenters. The second-order valence-corrected chi connectivity index (χ2v) is 9.34. The lowest BCUT2D eigenvalue weighted by Gasteiger charge is -2.28. The van der Waals surface area contributed by atoms with Crippen molar-refractivity contribution in [2.24, 2.45) is 5.73 Å². The lowest BCUT2D eigenvalue weighted by atomic mass is 9.96. The fourth-order valence-electron chi connectivity index (χ4n) is 2.64. The summed E-state index contributed by atoms with van der Waals surface area (Å²) in [5.74, 6) is 0. The molecule has 1 aliphatic rings. The third kappa shape index (κ3) is 3.76. The molecule has 7 heteroatoms. The summed E-state index contributed by atoms with van der Waals surface area (Å²) in [5.41, 5.74) is 5.59. The largest absolute Gasteiger partial charge is 0.326 e. The summed E-state index contributed by atoms with van der Waals surface area (Å²) < 4.78 is 27.9. The van der Waals surface area contributed by atoms with E-state index in [0.29, 0.717) is 16.7 Å². The number of hydrogen-bond donors (Lipinski definition) is 2. The first kappa shape index (κ1) is 16.3. The van der Waals surface area contributed by atoms with Gasteiger partial charge in [0.2, 0.25) is 10.0 Å². The van der Waals surface area contributed by atoms with Gasteiger partial charge in [-0.1, -0.05) is 6.42 Å². The van der Waals surface area contributed by atoms with E-state index in [0.717, 1.165) is 29.0 Å². The van der Waals surface area contributed by atoms with Crippen LogP contribution in [0.2, 0.25) is 0 Å². The Morgan fingerprint density at radius 1 is 1.50 bits per heavy atom. The number of rotatable bonds is 5. The van der Waals surface area contributed by atoms with Gasteiger partial charge in [-0.25, -0.2) is 13.1 Å². The van der Waals surface area contributed by atoms with Gasteiger partial charge in [-0.15, -0.1) is 11.3 Å². The summed E-state index contributed by atoms with van der Waals surface area (Å²) in [5, 5.41) is 0.569. The van der Waals surface area contributed by atoms with E-state index in [1.165, 1.54) is 17.8 Å². The van der Waals surface area contributed by atoms with E-state index in [1.807, 2.05) is 18.7 Å². The molecule has 2 rings (SSSR count). The first-order chi connectivity index (χ1) is 9.46. The molecule has 0 bridgehead atoms. The van der Waals surface area contributed by atoms with Gasteiger partial charge in [-0.2, -0.15) is 11.8 Å². The average Bonchev–Trinajstić information content (AvgIpc) is 2.80. The zero-order valence-corrected chi connectivity index (χ0v) is 14.3. The van der Waals surface area contributed by atoms with Gasteiger partial charge < -0.3 is 5.73 Å². The van der Waals surface area contributed by atoms with Crippen LogP contribution in [-0.4, -0.2) is 26.0 Å². The van der Waals surface area contributed by atoms with Gasteiger partial charge in [-0.3, -0.25) is 0 Å². The van der Waals surface area contributed by atoms with E-state index < -0.39 is 10.0 Å². The molecular weight excluding hydrogens is 312 g/mol. The Balaban J connectivity index is 2.12. The fourth-order valence-corrected chi connectivity index (χ4v) is 6.27. The van der Waals surface area contributed by atoms with Crippen LogP contribution in [0.15, 0.2) is 11.0 Å². The second-order valence-electron chi connectivity index (χ2n) is 5.18. The van der Waals surface area contributed by atoms with Gasteiger partial charge in [0, 0.05) is 27.6 Å². The van der Waals surface area contributed by atoms with Crippen molar-refractivity contribution < 1.29 is 8.42 Å². The van der Waals surface area contributed by atoms with Crippen LogP contribution in [0.3, 0.4) is 0 Å². The van der Waals surface area contributed by atoms with Crippen LogP contribution in [0.25, 0.3) is 0 Å². The first-order valence-electron chi connectivity index (χ1n) is 6.80. The van der Waals surface area contributed by atoms with Crippen molar-refractivity contribution >= 4 is 33.1 Å². The first-order valence-corrected chi connectivity index (χ1v) is 10.4. The minimum atomic E-state index is -3.42. The lowest BCUT2D eigenvalue weighted by Crippen LogP contribution is -2.39. The summed E-state index contributed by atoms with van der Waals surface area (Å²) >= 11 is 3.29. The number of hydrogen-bond acceptors (Lipinski definition) is 5. The lowest BCUT2D eigenvalue weighted by molar-refractivity contribution is 0.421. The third-order valence-corrected chi connectivity index (χ3v) is 7.64. The van der Waals surface area contributed by atoms with E-state index in [-0.39, 0.29) is 6.04 Å². The maximum Gasteiger partial charge on any atom is 0.241 e. The summed E-state index contributed by atoms with van der Waals surface area (Å²) in [6.45, 7) is 2.23. The number of sulfonamides is 1. The van der Waals surface area contributed by atoms with Gasteiger partial charge >= 0.3 is 0 Å². The molecule has 3 N–H and O–H groups in total. The minimum Gasteiger partial charge on any atom is -0.326 e. The molecule has 0 radical (unpaired) electrons. The highest BCUT2D eigenvalue weighted by molar-refractivity contribution is 7.99. The average molecular weight is 335 g/mol. The maximum atomic E-state index is 12.5. The zero-order valence-electron chi connectivity index (χ0n) is 11.9. The van der Waals surface area contributed by atoms with Gasteiger partial charge in [0.25, 0.3) is 0 Å². The molecule has 114 valence electrons. The van der Waals surface area contributed by atoms with Crippen molar-refractivity contribution in [3.8, 4) is 0 Å². The van der Waals surface area contributed by atoms with Crippen LogP contribution in [0.4, 0.5) is 0 Å². The molecule has 1 aromatic rings. The van der Waals surface area contributed by atoms with E-state index in [2.05, 4.69) is 11.0 Å². The maximum absolute atomic E-state index is 12.5. The Morgan fingerprint density at radius 3 is 2.85 bits per heavy atom. The standard InChI is InChI=1S/C13H22N2O2S3/c1-9-13(7-12(8-14)19-9)20(16,17)15-10-4-3-5-11(6-10)18-2/h7,10-11,15H,3-6,8,14H2,1-2H3. The second kappa shape index (κ2) is 6.79.